The third-order valence-electron chi connectivity index (χ3n) is 5.27. The maximum absolute atomic E-state index is 5.96. The molecule has 2 fully saturated rings. The summed E-state index contributed by atoms with van der Waals surface area (Å²) in [5.41, 5.74) is 1.68. The van der Waals surface area contributed by atoms with Crippen LogP contribution in [0.1, 0.15) is 25.3 Å². The standard InChI is InChI=1S/C19H30N2O2/c1-3-20-11-12-23-16-19(14-20)9-4-10-21(15-19)13-17-5-7-18(22-2)8-6-17/h5-8H,3-4,9-16H2,1-2H3/t19-/m1/s1. The van der Waals surface area contributed by atoms with Crippen molar-refractivity contribution in [2.45, 2.75) is 26.3 Å². The van der Waals surface area contributed by atoms with Crippen molar-refractivity contribution in [3.05, 3.63) is 29.8 Å². The van der Waals surface area contributed by atoms with Gasteiger partial charge in [-0.1, -0.05) is 19.1 Å². The molecule has 23 heavy (non-hydrogen) atoms. The van der Waals surface area contributed by atoms with Crippen LogP contribution in [0.5, 0.6) is 5.75 Å². The number of methoxy groups -OCH3 is 1. The Bertz CT molecular complexity index is 491. The fraction of sp³-hybridized carbons (Fsp3) is 0.684. The average Bonchev–Trinajstić information content (AvgIpc) is 2.78. The molecule has 0 N–H and O–H groups in total. The van der Waals surface area contributed by atoms with Crippen molar-refractivity contribution < 1.29 is 9.47 Å². The van der Waals surface area contributed by atoms with Gasteiger partial charge in [-0.25, -0.2) is 0 Å². The first kappa shape index (κ1) is 16.7. The minimum atomic E-state index is 0.317. The fourth-order valence-electron chi connectivity index (χ4n) is 4.03. The van der Waals surface area contributed by atoms with E-state index in [4.69, 9.17) is 9.47 Å². The molecule has 2 saturated heterocycles. The van der Waals surface area contributed by atoms with Gasteiger partial charge in [-0.05, 0) is 43.6 Å². The van der Waals surface area contributed by atoms with E-state index in [0.717, 1.165) is 45.1 Å². The van der Waals surface area contributed by atoms with E-state index in [-0.39, 0.29) is 0 Å². The molecule has 4 heteroatoms. The highest BCUT2D eigenvalue weighted by molar-refractivity contribution is 5.27. The van der Waals surface area contributed by atoms with Crippen LogP contribution in [0, 0.1) is 5.41 Å². The molecule has 128 valence electrons. The van der Waals surface area contributed by atoms with Crippen LogP contribution >= 0.6 is 0 Å². The Morgan fingerprint density at radius 2 is 1.91 bits per heavy atom. The number of likely N-dealkylation sites (tertiary alicyclic amines) is 1. The van der Waals surface area contributed by atoms with Crippen molar-refractivity contribution in [3.8, 4) is 5.75 Å². The van der Waals surface area contributed by atoms with Gasteiger partial charge < -0.3 is 14.4 Å². The van der Waals surface area contributed by atoms with E-state index in [1.54, 1.807) is 7.11 Å². The van der Waals surface area contributed by atoms with Gasteiger partial charge in [0, 0.05) is 31.6 Å². The van der Waals surface area contributed by atoms with Gasteiger partial charge in [0.25, 0.3) is 0 Å². The van der Waals surface area contributed by atoms with E-state index in [1.807, 2.05) is 0 Å². The molecular formula is C19H30N2O2. The lowest BCUT2D eigenvalue weighted by Gasteiger charge is -2.43. The number of piperidine rings is 1. The molecule has 1 spiro atoms. The van der Waals surface area contributed by atoms with Gasteiger partial charge in [0.05, 0.1) is 20.3 Å². The zero-order valence-corrected chi connectivity index (χ0v) is 14.6. The SMILES string of the molecule is CCN1CCOC[C@]2(CCCN(Cc3ccc(OC)cc3)C2)C1. The first-order valence-corrected chi connectivity index (χ1v) is 8.88. The Hall–Kier alpha value is -1.10. The number of hydrogen-bond acceptors (Lipinski definition) is 4. The van der Waals surface area contributed by atoms with Crippen molar-refractivity contribution >= 4 is 0 Å². The zero-order valence-electron chi connectivity index (χ0n) is 14.6. The molecule has 2 aliphatic heterocycles. The van der Waals surface area contributed by atoms with Crippen LogP contribution in [0.25, 0.3) is 0 Å². The van der Waals surface area contributed by atoms with Crippen LogP contribution in [0.3, 0.4) is 0 Å². The maximum Gasteiger partial charge on any atom is 0.118 e. The van der Waals surface area contributed by atoms with Gasteiger partial charge in [-0.3, -0.25) is 4.90 Å². The van der Waals surface area contributed by atoms with Gasteiger partial charge in [-0.15, -0.1) is 0 Å². The highest BCUT2D eigenvalue weighted by Gasteiger charge is 2.38. The predicted molar refractivity (Wildman–Crippen MR) is 92.9 cm³/mol. The summed E-state index contributed by atoms with van der Waals surface area (Å²) in [6.45, 7) is 10.8. The lowest BCUT2D eigenvalue weighted by molar-refractivity contribution is 0.00333. The summed E-state index contributed by atoms with van der Waals surface area (Å²) in [5.74, 6) is 0.930. The van der Waals surface area contributed by atoms with E-state index in [1.165, 1.54) is 31.5 Å². The van der Waals surface area contributed by atoms with Crippen molar-refractivity contribution in [3.63, 3.8) is 0 Å². The lowest BCUT2D eigenvalue weighted by atomic mass is 9.80. The number of hydrogen-bond donors (Lipinski definition) is 0. The Labute approximate surface area is 140 Å². The van der Waals surface area contributed by atoms with Crippen LogP contribution in [0.4, 0.5) is 0 Å². The molecule has 0 aliphatic carbocycles. The lowest BCUT2D eigenvalue weighted by Crippen LogP contribution is -2.50. The van der Waals surface area contributed by atoms with Crippen LogP contribution < -0.4 is 4.74 Å². The zero-order chi connectivity index (χ0) is 16.1. The van der Waals surface area contributed by atoms with Crippen molar-refractivity contribution in [2.24, 2.45) is 5.41 Å². The number of benzene rings is 1. The molecule has 3 rings (SSSR count). The summed E-state index contributed by atoms with van der Waals surface area (Å²) >= 11 is 0. The van der Waals surface area contributed by atoms with Crippen molar-refractivity contribution in [1.29, 1.82) is 0 Å². The largest absolute Gasteiger partial charge is 0.497 e. The van der Waals surface area contributed by atoms with Crippen LogP contribution in [-0.2, 0) is 11.3 Å². The summed E-state index contributed by atoms with van der Waals surface area (Å²) < 4.78 is 11.2. The molecule has 0 unspecified atom stereocenters. The Morgan fingerprint density at radius 1 is 1.13 bits per heavy atom. The first-order valence-electron chi connectivity index (χ1n) is 8.88. The summed E-state index contributed by atoms with van der Waals surface area (Å²) in [6.07, 6.45) is 2.57. The number of ether oxygens (including phenoxy) is 2. The quantitative estimate of drug-likeness (QED) is 0.852. The van der Waals surface area contributed by atoms with E-state index in [0.29, 0.717) is 5.41 Å². The number of nitrogens with zero attached hydrogens (tertiary/aromatic N) is 2. The van der Waals surface area contributed by atoms with E-state index >= 15 is 0 Å². The molecule has 2 aliphatic rings. The first-order chi connectivity index (χ1) is 11.2. The Morgan fingerprint density at radius 3 is 2.65 bits per heavy atom. The third kappa shape index (κ3) is 4.25. The smallest absolute Gasteiger partial charge is 0.118 e. The van der Waals surface area contributed by atoms with Crippen molar-refractivity contribution in [2.75, 3.05) is 53.0 Å². The molecule has 1 atom stereocenters. The summed E-state index contributed by atoms with van der Waals surface area (Å²) in [7, 11) is 1.72. The molecule has 2 heterocycles. The van der Waals surface area contributed by atoms with Crippen LogP contribution in [0.15, 0.2) is 24.3 Å². The second-order valence-corrected chi connectivity index (χ2v) is 7.08. The second-order valence-electron chi connectivity index (χ2n) is 7.08. The minimum absolute atomic E-state index is 0.317. The molecule has 0 aromatic heterocycles. The van der Waals surface area contributed by atoms with Gasteiger partial charge in [0.1, 0.15) is 5.75 Å². The van der Waals surface area contributed by atoms with E-state index < -0.39 is 0 Å². The topological polar surface area (TPSA) is 24.9 Å². The highest BCUT2D eigenvalue weighted by atomic mass is 16.5. The Kier molecular flexibility index (Phi) is 5.57. The monoisotopic (exact) mass is 318 g/mol. The second kappa shape index (κ2) is 7.65. The highest BCUT2D eigenvalue weighted by Crippen LogP contribution is 2.33. The average molecular weight is 318 g/mol. The third-order valence-corrected chi connectivity index (χ3v) is 5.27. The molecule has 0 saturated carbocycles. The number of rotatable bonds is 4. The Balaban J connectivity index is 1.64. The molecule has 4 nitrogen and oxygen atoms in total. The van der Waals surface area contributed by atoms with Crippen LogP contribution in [0.2, 0.25) is 0 Å². The summed E-state index contributed by atoms with van der Waals surface area (Å²) in [6, 6.07) is 8.48. The van der Waals surface area contributed by atoms with Gasteiger partial charge >= 0.3 is 0 Å². The van der Waals surface area contributed by atoms with E-state index in [2.05, 4.69) is 41.0 Å². The molecule has 1 aromatic carbocycles. The number of likely N-dealkylation sites (N-methyl/N-ethyl adjacent to an activating group) is 1. The van der Waals surface area contributed by atoms with Crippen LogP contribution in [-0.4, -0.2) is 62.8 Å². The van der Waals surface area contributed by atoms with E-state index in [9.17, 15) is 0 Å². The van der Waals surface area contributed by atoms with Gasteiger partial charge in [0.15, 0.2) is 0 Å². The maximum atomic E-state index is 5.96. The minimum Gasteiger partial charge on any atom is -0.497 e. The molecule has 1 aromatic rings. The van der Waals surface area contributed by atoms with Gasteiger partial charge in [0.2, 0.25) is 0 Å². The normalized spacial score (nSPS) is 27.0. The molecule has 0 amide bonds. The molecular weight excluding hydrogens is 288 g/mol. The molecule has 0 bridgehead atoms. The fourth-order valence-corrected chi connectivity index (χ4v) is 4.03. The predicted octanol–water partition coefficient (Wildman–Crippen LogP) is 2.63. The van der Waals surface area contributed by atoms with Gasteiger partial charge in [-0.2, -0.15) is 0 Å². The van der Waals surface area contributed by atoms with Crippen molar-refractivity contribution in [1.82, 2.24) is 9.80 Å². The summed E-state index contributed by atoms with van der Waals surface area (Å²) in [5, 5.41) is 0. The summed E-state index contributed by atoms with van der Waals surface area (Å²) in [4.78, 5) is 5.16. The molecule has 0 radical (unpaired) electrons.